The first-order chi connectivity index (χ1) is 54.4. The van der Waals surface area contributed by atoms with Crippen LogP contribution in [0.3, 0.4) is 0 Å². The van der Waals surface area contributed by atoms with Crippen molar-refractivity contribution in [2.75, 3.05) is 58.3 Å². The van der Waals surface area contributed by atoms with Gasteiger partial charge in [0, 0.05) is 115 Å². The van der Waals surface area contributed by atoms with E-state index in [2.05, 4.69) is 108 Å². The third-order valence-corrected chi connectivity index (χ3v) is 19.8. The molecule has 29 heteroatoms. The van der Waals surface area contributed by atoms with Crippen LogP contribution in [0.1, 0.15) is 106 Å². The number of ketones is 4. The number of rotatable bonds is 11. The largest absolute Gasteiger partial charge is 0.308 e. The zero-order valence-electron chi connectivity index (χ0n) is 63.9. The lowest BCUT2D eigenvalue weighted by molar-refractivity contribution is -0.121. The highest BCUT2D eigenvalue weighted by Crippen LogP contribution is 2.22. The van der Waals surface area contributed by atoms with Gasteiger partial charge < -0.3 is 5.32 Å². The molecule has 1 N–H and O–H groups in total. The fourth-order valence-electron chi connectivity index (χ4n) is 12.1. The summed E-state index contributed by atoms with van der Waals surface area (Å²) in [7, 11) is -1.00. The van der Waals surface area contributed by atoms with Crippen molar-refractivity contribution in [2.24, 2.45) is 0 Å². The first kappa shape index (κ1) is 89.6. The van der Waals surface area contributed by atoms with Crippen LogP contribution in [0.25, 0.3) is 43.6 Å². The lowest BCUT2D eigenvalue weighted by Gasteiger charge is -2.28. The van der Waals surface area contributed by atoms with Crippen molar-refractivity contribution >= 4 is 139 Å². The molecule has 11 aromatic rings. The summed E-state index contributed by atoms with van der Waals surface area (Å²) in [6.07, 6.45) is 7.19. The predicted octanol–water partition coefficient (Wildman–Crippen LogP) is 13.3. The minimum atomic E-state index is -1.00. The number of alkyl halides is 2. The van der Waals surface area contributed by atoms with Gasteiger partial charge >= 0.3 is 0 Å². The molecule has 0 bridgehead atoms. The van der Waals surface area contributed by atoms with Crippen LogP contribution in [-0.2, 0) is 71.5 Å². The quantitative estimate of drug-likeness (QED) is 0.0721. The number of Topliss-reactive ketones (excluding diaryl/α,β-unsaturated/α-hetero) is 4. The summed E-state index contributed by atoms with van der Waals surface area (Å²) in [5.74, 6) is 17.0. The van der Waals surface area contributed by atoms with Crippen molar-refractivity contribution in [3.05, 3.63) is 265 Å². The Morgan fingerprint density at radius 2 is 0.746 bits per heavy atom. The number of hydrogen-bond acceptors (Lipinski definition) is 16. The molecule has 0 amide bonds. The van der Waals surface area contributed by atoms with Crippen LogP contribution in [0.5, 0.6) is 0 Å². The number of carbonyl (C=O) groups excluding carboxylic acids is 4. The van der Waals surface area contributed by atoms with Crippen molar-refractivity contribution in [3.63, 3.8) is 0 Å². The Morgan fingerprint density at radius 3 is 1.06 bits per heavy atom. The highest BCUT2D eigenvalue weighted by Gasteiger charge is 2.25. The summed E-state index contributed by atoms with van der Waals surface area (Å²) in [6.45, 7) is 15.9. The van der Waals surface area contributed by atoms with Gasteiger partial charge in [-0.15, -0.1) is 31.2 Å². The zero-order chi connectivity index (χ0) is 81.3. The molecule has 7 aromatic carbocycles. The number of nitrogens with zero attached hydrogens (tertiary/aromatic N) is 11. The smallest absolute Gasteiger partial charge is 0.261 e. The van der Waals surface area contributed by atoms with Gasteiger partial charge in [0.2, 0.25) is 0 Å². The average Bonchev–Trinajstić information content (AvgIpc) is 0.792. The highest BCUT2D eigenvalue weighted by molar-refractivity contribution is 9.10. The van der Waals surface area contributed by atoms with Crippen molar-refractivity contribution in [1.29, 1.82) is 0 Å². The lowest BCUT2D eigenvalue weighted by atomic mass is 10.1. The Bertz CT molecular complexity index is 5610. The third kappa shape index (κ3) is 25.0. The maximum atomic E-state index is 13.3. The molecule has 0 atom stereocenters. The van der Waals surface area contributed by atoms with Gasteiger partial charge in [-0.3, -0.25) is 75.7 Å². The zero-order valence-corrected chi connectivity index (χ0v) is 69.3. The second kappa shape index (κ2) is 44.6. The van der Waals surface area contributed by atoms with Gasteiger partial charge in [0.1, 0.15) is 63.9 Å². The van der Waals surface area contributed by atoms with Gasteiger partial charge in [0.05, 0.1) is 103 Å². The molecule has 0 radical (unpaired) electrons. The van der Waals surface area contributed by atoms with E-state index in [1.54, 1.807) is 97.1 Å². The number of terminal acetylenes is 1. The van der Waals surface area contributed by atoms with E-state index >= 15 is 0 Å². The molecule has 4 aliphatic rings. The average molecular weight is 1790 g/mol. The molecule has 0 aliphatic carbocycles. The van der Waals surface area contributed by atoms with E-state index in [0.717, 1.165) is 32.7 Å². The highest BCUT2D eigenvalue weighted by atomic mass is 79.9. The number of carbonyl (C=O) groups is 4. The third-order valence-electron chi connectivity index (χ3n) is 18.1. The monoisotopic (exact) mass is 1780 g/mol. The second-order valence-electron chi connectivity index (χ2n) is 25.9. The van der Waals surface area contributed by atoms with Crippen molar-refractivity contribution in [1.82, 2.24) is 58.2 Å². The maximum Gasteiger partial charge on any atom is 0.261 e. The van der Waals surface area contributed by atoms with Crippen molar-refractivity contribution in [3.8, 4) is 36.0 Å². The lowest BCUT2D eigenvalue weighted by Crippen LogP contribution is -2.42. The molecule has 0 saturated heterocycles. The molecule has 0 saturated carbocycles. The molecule has 20 nitrogen and oxygen atoms in total. The Morgan fingerprint density at radius 1 is 0.439 bits per heavy atom. The topological polar surface area (TPSA) is 230 Å². The molecule has 8 heterocycles. The molecule has 15 rings (SSSR count). The normalized spacial score (nSPS) is 13.1. The molecule has 114 heavy (non-hydrogen) atoms. The molecular formula is C85H83Br3Cl2F4N12O8. The van der Waals surface area contributed by atoms with Gasteiger partial charge in [-0.05, 0) is 127 Å². The SMILES string of the molecule is C#Cc1cccc(F)c1.CCC(=O)CBr.CCC(=O)CN1CCn2c(nc3cc(Br)ccc3c2=O)C1.CCC(=O)CN1CCn2c(nc3cc(C#Cc4cccc(F)c4)ccc3c2=O)C1.CCC(=O)CN1CCn2c(nc3cc(C#Cc4cccc(F)c4)ccc3c2=O)C1.Cl.Cl.O=c1c2ccc(Br)cc2nc2n1CCNC2.[2H]CF. The fraction of sp³-hybridized carbons (Fsp3) is 0.294. The van der Waals surface area contributed by atoms with Crippen LogP contribution >= 0.6 is 72.6 Å². The van der Waals surface area contributed by atoms with Crippen LogP contribution in [0.15, 0.2) is 174 Å². The predicted molar refractivity (Wildman–Crippen MR) is 453 cm³/mol. The standard InChI is InChI=1S/2C23H20FN3O2.C15H16BrN3O2.C11H10BrN3O.C8H5F.C4H7BrO.CH3F.2ClH/c2*1-2-19(28)14-26-10-11-27-22(15-26)25-21-13-17(8-9-20(21)23(27)29)7-6-16-4-3-5-18(24)12-16;1-2-11(20)8-18-5-6-19-14(9-18)17-13-7-10(16)3-4-12(13)15(19)21;12-7-1-2-8-9(5-7)14-10-6-13-3-4-15(10)11(8)16;1-2-7-4-3-5-8(9)6-7;1-2-4(6)3-5;1-2;;/h2*3-5,8-9,12-13H,2,10-11,14-15H2,1H3;3-4,7H,2,5-6,8-9H2,1H3;1-2,5,13H,3-4,6H2;1,3-6H;2-3H2,1H3;1H3;2*1H/i;;;;;;1D;;. The van der Waals surface area contributed by atoms with Crippen LogP contribution in [0, 0.1) is 53.5 Å². The number of benzene rings is 7. The summed E-state index contributed by atoms with van der Waals surface area (Å²) in [4.78, 5) is 120. The van der Waals surface area contributed by atoms with E-state index in [9.17, 15) is 55.9 Å². The molecule has 594 valence electrons. The number of fused-ring (bicyclic) bond motifs is 8. The van der Waals surface area contributed by atoms with Crippen LogP contribution in [0.2, 0.25) is 0 Å². The van der Waals surface area contributed by atoms with E-state index in [4.69, 9.17) is 7.79 Å². The van der Waals surface area contributed by atoms with Crippen LogP contribution in [-0.4, -0.2) is 134 Å². The Balaban J connectivity index is 0.000000200. The summed E-state index contributed by atoms with van der Waals surface area (Å²) in [5, 5.41) is 6.13. The minimum absolute atomic E-state index is 0. The number of aromatic nitrogens is 8. The van der Waals surface area contributed by atoms with E-state index in [1.807, 2.05) is 67.8 Å². The minimum Gasteiger partial charge on any atom is -0.308 e. The van der Waals surface area contributed by atoms with E-state index in [-0.39, 0.29) is 87.6 Å². The van der Waals surface area contributed by atoms with E-state index in [1.165, 1.54) is 36.4 Å². The summed E-state index contributed by atoms with van der Waals surface area (Å²) >= 11 is 9.82. The van der Waals surface area contributed by atoms with Crippen LogP contribution in [0.4, 0.5) is 17.6 Å². The van der Waals surface area contributed by atoms with E-state index < -0.39 is 7.15 Å². The molecule has 4 aromatic heterocycles. The summed E-state index contributed by atoms with van der Waals surface area (Å²) < 4.78 is 63.1. The van der Waals surface area contributed by atoms with Gasteiger partial charge in [-0.25, -0.2) is 33.1 Å². The van der Waals surface area contributed by atoms with Crippen molar-refractivity contribution < 1.29 is 38.1 Å². The number of halogens is 9. The van der Waals surface area contributed by atoms with Gasteiger partial charge in [0.15, 0.2) is 0 Å². The fourth-order valence-corrected chi connectivity index (χ4v) is 13.2. The van der Waals surface area contributed by atoms with E-state index in [0.29, 0.717) is 200 Å². The molecule has 0 unspecified atom stereocenters. The van der Waals surface area contributed by atoms with Crippen LogP contribution < -0.4 is 27.6 Å². The Kier molecular flexibility index (Phi) is 35.1. The first-order valence-electron chi connectivity index (χ1n) is 36.7. The summed E-state index contributed by atoms with van der Waals surface area (Å²) in [6, 6.07) is 39.8. The molecule has 0 spiro atoms. The Labute approximate surface area is 695 Å². The first-order valence-corrected chi connectivity index (χ1v) is 38.7. The van der Waals surface area contributed by atoms with Gasteiger partial charge in [-0.1, -0.05) is 123 Å². The Hall–Kier alpha value is -9.96. The number of nitrogens with one attached hydrogen (secondary N) is 1. The van der Waals surface area contributed by atoms with Gasteiger partial charge in [-0.2, -0.15) is 0 Å². The van der Waals surface area contributed by atoms with Crippen molar-refractivity contribution in [2.45, 2.75) is 106 Å². The molecule has 0 fully saturated rings. The second-order valence-corrected chi connectivity index (χ2v) is 28.3. The summed E-state index contributed by atoms with van der Waals surface area (Å²) in [5.41, 5.74) is 5.69. The molecular weight excluding hydrogens is 1700 g/mol. The van der Waals surface area contributed by atoms with Gasteiger partial charge in [0.25, 0.3) is 22.2 Å². The number of hydrogen-bond donors (Lipinski definition) is 1. The maximum absolute atomic E-state index is 13.3. The molecule has 4 aliphatic heterocycles.